The first kappa shape index (κ1) is 16.1. The molecular formula is C16H21N3O3S. The molecule has 1 aromatic heterocycles. The number of aryl methyl sites for hydroxylation is 2. The van der Waals surface area contributed by atoms with Crippen LogP contribution < -0.4 is 10.9 Å². The average molecular weight is 335 g/mol. The molecule has 23 heavy (non-hydrogen) atoms. The second-order valence-electron chi connectivity index (χ2n) is 6.43. The predicted molar refractivity (Wildman–Crippen MR) is 89.1 cm³/mol. The number of nitrogens with one attached hydrogen (secondary N) is 2. The van der Waals surface area contributed by atoms with Gasteiger partial charge in [0.1, 0.15) is 6.04 Å². The van der Waals surface area contributed by atoms with Gasteiger partial charge in [0.15, 0.2) is 0 Å². The molecule has 124 valence electrons. The summed E-state index contributed by atoms with van der Waals surface area (Å²) in [6.45, 7) is 5.88. The number of amides is 2. The van der Waals surface area contributed by atoms with Gasteiger partial charge in [-0.15, -0.1) is 11.8 Å². The Morgan fingerprint density at radius 3 is 2.91 bits per heavy atom. The number of aromatic amines is 1. The number of carbonyl (C=O) groups is 2. The molecule has 7 heteroatoms. The molecule has 0 saturated carbocycles. The van der Waals surface area contributed by atoms with Gasteiger partial charge in [-0.25, -0.2) is 0 Å². The number of rotatable bonds is 3. The summed E-state index contributed by atoms with van der Waals surface area (Å²) in [6.07, 6.45) is 1.29. The van der Waals surface area contributed by atoms with E-state index in [0.29, 0.717) is 17.7 Å². The number of fused-ring (bicyclic) bond motifs is 1. The molecule has 6 nitrogen and oxygen atoms in total. The van der Waals surface area contributed by atoms with E-state index < -0.39 is 6.04 Å². The van der Waals surface area contributed by atoms with E-state index in [1.54, 1.807) is 16.7 Å². The third-order valence-electron chi connectivity index (χ3n) is 4.68. The van der Waals surface area contributed by atoms with Crippen LogP contribution in [-0.2, 0) is 16.1 Å². The Bertz CT molecular complexity index is 730. The summed E-state index contributed by atoms with van der Waals surface area (Å²) < 4.78 is 0. The first-order chi connectivity index (χ1) is 10.8. The van der Waals surface area contributed by atoms with Crippen molar-refractivity contribution < 1.29 is 9.59 Å². The van der Waals surface area contributed by atoms with E-state index in [1.165, 1.54) is 0 Å². The molecule has 2 atom stereocenters. The van der Waals surface area contributed by atoms with Crippen molar-refractivity contribution in [1.82, 2.24) is 15.2 Å². The van der Waals surface area contributed by atoms with Crippen LogP contribution in [0.25, 0.3) is 0 Å². The van der Waals surface area contributed by atoms with Crippen molar-refractivity contribution in [1.29, 1.82) is 0 Å². The number of carbonyl (C=O) groups excluding carboxylic acids is 2. The SMILES string of the molecule is Cc1cc(C)c(CNC(=O)[C@H]2CS[C@@]3(C)CCC(=O)N23)c(=O)[nH]1. The average Bonchev–Trinajstić information content (AvgIpc) is 2.95. The van der Waals surface area contributed by atoms with E-state index in [9.17, 15) is 14.4 Å². The van der Waals surface area contributed by atoms with Crippen molar-refractivity contribution in [3.8, 4) is 0 Å². The first-order valence-corrected chi connectivity index (χ1v) is 8.73. The number of hydrogen-bond donors (Lipinski definition) is 2. The van der Waals surface area contributed by atoms with Crippen LogP contribution in [0.5, 0.6) is 0 Å². The topological polar surface area (TPSA) is 82.3 Å². The van der Waals surface area contributed by atoms with Gasteiger partial charge in [0.05, 0.1) is 4.87 Å². The maximum atomic E-state index is 12.5. The standard InChI is InChI=1S/C16H21N3O3S/c1-9-6-10(2)18-14(21)11(9)7-17-15(22)12-8-23-16(3)5-4-13(20)19(12)16/h6,12H,4-5,7-8H2,1-3H3,(H,17,22)(H,18,21)/t12-,16+/m1/s1. The molecule has 2 N–H and O–H groups in total. The van der Waals surface area contributed by atoms with Crippen LogP contribution in [0, 0.1) is 13.8 Å². The highest BCUT2D eigenvalue weighted by molar-refractivity contribution is 8.01. The van der Waals surface area contributed by atoms with E-state index in [4.69, 9.17) is 0 Å². The van der Waals surface area contributed by atoms with Crippen LogP contribution in [0.1, 0.15) is 36.6 Å². The van der Waals surface area contributed by atoms with E-state index in [2.05, 4.69) is 10.3 Å². The minimum atomic E-state index is -0.440. The van der Waals surface area contributed by atoms with E-state index in [1.807, 2.05) is 26.8 Å². The Labute approximate surface area is 139 Å². The van der Waals surface area contributed by atoms with Crippen molar-refractivity contribution in [2.45, 2.75) is 51.1 Å². The molecule has 0 radical (unpaired) electrons. The maximum Gasteiger partial charge on any atom is 0.253 e. The van der Waals surface area contributed by atoms with Crippen LogP contribution >= 0.6 is 11.8 Å². The summed E-state index contributed by atoms with van der Waals surface area (Å²) in [5, 5.41) is 2.83. The lowest BCUT2D eigenvalue weighted by Crippen LogP contribution is -2.50. The molecule has 0 aromatic carbocycles. The van der Waals surface area contributed by atoms with Gasteiger partial charge in [0, 0.05) is 30.0 Å². The fraction of sp³-hybridized carbons (Fsp3) is 0.562. The Morgan fingerprint density at radius 1 is 1.48 bits per heavy atom. The van der Waals surface area contributed by atoms with Gasteiger partial charge < -0.3 is 15.2 Å². The molecule has 0 bridgehead atoms. The molecule has 3 rings (SSSR count). The van der Waals surface area contributed by atoms with Crippen molar-refractivity contribution in [3.05, 3.63) is 33.2 Å². The molecule has 0 unspecified atom stereocenters. The Hall–Kier alpha value is -1.76. The lowest BCUT2D eigenvalue weighted by molar-refractivity contribution is -0.138. The summed E-state index contributed by atoms with van der Waals surface area (Å²) in [7, 11) is 0. The van der Waals surface area contributed by atoms with E-state index >= 15 is 0 Å². The summed E-state index contributed by atoms with van der Waals surface area (Å²) >= 11 is 1.66. The number of thioether (sulfide) groups is 1. The Morgan fingerprint density at radius 2 is 2.22 bits per heavy atom. The highest BCUT2D eigenvalue weighted by atomic mass is 32.2. The van der Waals surface area contributed by atoms with Crippen molar-refractivity contribution in [2.24, 2.45) is 0 Å². The largest absolute Gasteiger partial charge is 0.350 e. The van der Waals surface area contributed by atoms with Gasteiger partial charge in [0.25, 0.3) is 5.56 Å². The summed E-state index contributed by atoms with van der Waals surface area (Å²) in [6, 6.07) is 1.44. The van der Waals surface area contributed by atoms with Gasteiger partial charge in [-0.3, -0.25) is 14.4 Å². The second kappa shape index (κ2) is 5.70. The zero-order valence-corrected chi connectivity index (χ0v) is 14.4. The highest BCUT2D eigenvalue weighted by Gasteiger charge is 2.52. The van der Waals surface area contributed by atoms with Crippen LogP contribution in [0.2, 0.25) is 0 Å². The molecule has 0 aliphatic carbocycles. The first-order valence-electron chi connectivity index (χ1n) is 7.75. The molecular weight excluding hydrogens is 314 g/mol. The van der Waals surface area contributed by atoms with Crippen LogP contribution in [0.4, 0.5) is 0 Å². The number of nitrogens with zero attached hydrogens (tertiary/aromatic N) is 1. The lowest BCUT2D eigenvalue weighted by atomic mass is 10.1. The van der Waals surface area contributed by atoms with E-state index in [-0.39, 0.29) is 28.8 Å². The van der Waals surface area contributed by atoms with Crippen molar-refractivity contribution >= 4 is 23.6 Å². The normalized spacial score (nSPS) is 26.5. The summed E-state index contributed by atoms with van der Waals surface area (Å²) in [4.78, 5) is 40.8. The van der Waals surface area contributed by atoms with Crippen LogP contribution in [0.15, 0.2) is 10.9 Å². The fourth-order valence-electron chi connectivity index (χ4n) is 3.41. The minimum absolute atomic E-state index is 0.0435. The maximum absolute atomic E-state index is 12.5. The Balaban J connectivity index is 1.71. The second-order valence-corrected chi connectivity index (χ2v) is 7.93. The van der Waals surface area contributed by atoms with Gasteiger partial charge in [-0.1, -0.05) is 0 Å². The van der Waals surface area contributed by atoms with Crippen molar-refractivity contribution in [3.63, 3.8) is 0 Å². The molecule has 2 saturated heterocycles. The zero-order chi connectivity index (χ0) is 16.8. The molecule has 2 aliphatic rings. The van der Waals surface area contributed by atoms with Crippen LogP contribution in [-0.4, -0.2) is 38.4 Å². The van der Waals surface area contributed by atoms with Gasteiger partial charge in [0.2, 0.25) is 11.8 Å². The number of H-pyrrole nitrogens is 1. The molecule has 1 aromatic rings. The zero-order valence-electron chi connectivity index (χ0n) is 13.6. The van der Waals surface area contributed by atoms with Crippen molar-refractivity contribution in [2.75, 3.05) is 5.75 Å². The molecule has 2 aliphatic heterocycles. The summed E-state index contributed by atoms with van der Waals surface area (Å²) in [5.74, 6) is 0.468. The number of hydrogen-bond acceptors (Lipinski definition) is 4. The quantitative estimate of drug-likeness (QED) is 0.865. The number of aromatic nitrogens is 1. The predicted octanol–water partition coefficient (Wildman–Crippen LogP) is 1.06. The highest BCUT2D eigenvalue weighted by Crippen LogP contribution is 2.47. The smallest absolute Gasteiger partial charge is 0.253 e. The minimum Gasteiger partial charge on any atom is -0.350 e. The summed E-state index contributed by atoms with van der Waals surface area (Å²) in [5.41, 5.74) is 2.04. The molecule has 0 spiro atoms. The lowest BCUT2D eigenvalue weighted by Gasteiger charge is -2.29. The third-order valence-corrected chi connectivity index (χ3v) is 6.19. The Kier molecular flexibility index (Phi) is 4.00. The molecule has 2 fully saturated rings. The van der Waals surface area contributed by atoms with E-state index in [0.717, 1.165) is 17.7 Å². The van der Waals surface area contributed by atoms with Crippen LogP contribution in [0.3, 0.4) is 0 Å². The molecule has 2 amide bonds. The van der Waals surface area contributed by atoms with Gasteiger partial charge >= 0.3 is 0 Å². The third kappa shape index (κ3) is 2.78. The van der Waals surface area contributed by atoms with Gasteiger partial charge in [-0.2, -0.15) is 0 Å². The fourth-order valence-corrected chi connectivity index (χ4v) is 4.84. The number of pyridine rings is 1. The van der Waals surface area contributed by atoms with Gasteiger partial charge in [-0.05, 0) is 38.8 Å². The monoisotopic (exact) mass is 335 g/mol. The molecule has 3 heterocycles.